The van der Waals surface area contributed by atoms with Crippen LogP contribution in [-0.2, 0) is 0 Å². The fourth-order valence-corrected chi connectivity index (χ4v) is 1.71. The molecule has 0 aliphatic carbocycles. The van der Waals surface area contributed by atoms with Crippen LogP contribution in [0, 0.1) is 17.0 Å². The number of nitro groups is 1. The minimum atomic E-state index is -1.27. The number of hydrogen-bond donors (Lipinski definition) is 1. The first-order valence-corrected chi connectivity index (χ1v) is 5.49. The zero-order chi connectivity index (χ0) is 14.9. The topological polar surface area (TPSA) is 115 Å². The molecular formula is C12H9N3O5. The van der Waals surface area contributed by atoms with Gasteiger partial charge in [0.15, 0.2) is 5.69 Å². The molecule has 0 radical (unpaired) electrons. The number of aryl methyl sites for hydroxylation is 1. The predicted octanol–water partition coefficient (Wildman–Crippen LogP) is 1.49. The van der Waals surface area contributed by atoms with Gasteiger partial charge < -0.3 is 5.11 Å². The highest BCUT2D eigenvalue weighted by Gasteiger charge is 2.23. The van der Waals surface area contributed by atoms with Gasteiger partial charge in [-0.2, -0.15) is 5.10 Å². The number of carboxylic acid groups (broad SMARTS) is 1. The molecule has 20 heavy (non-hydrogen) atoms. The fourth-order valence-electron chi connectivity index (χ4n) is 1.71. The lowest BCUT2D eigenvalue weighted by Gasteiger charge is -2.01. The van der Waals surface area contributed by atoms with Crippen LogP contribution in [0.5, 0.6) is 0 Å². The Bertz CT molecular complexity index is 720. The standard InChI is InChI=1S/C12H9N3O5/c1-7-6-14(13-10(7)12(17)18)11(16)8-4-2-3-5-9(8)15(19)20/h2-6H,1H3,(H,17,18). The Balaban J connectivity index is 2.50. The SMILES string of the molecule is Cc1cn(C(=O)c2ccccc2[N+](=O)[O-])nc1C(=O)O. The normalized spacial score (nSPS) is 10.2. The molecule has 0 saturated heterocycles. The number of carbonyl (C=O) groups is 2. The molecule has 0 saturated carbocycles. The summed E-state index contributed by atoms with van der Waals surface area (Å²) in [6.07, 6.45) is 1.22. The molecule has 1 aromatic heterocycles. The summed E-state index contributed by atoms with van der Waals surface area (Å²) in [5.74, 6) is -2.02. The largest absolute Gasteiger partial charge is 0.476 e. The molecule has 2 aromatic rings. The van der Waals surface area contributed by atoms with E-state index < -0.39 is 16.8 Å². The van der Waals surface area contributed by atoms with E-state index in [1.165, 1.54) is 37.4 Å². The predicted molar refractivity (Wildman–Crippen MR) is 66.7 cm³/mol. The summed E-state index contributed by atoms with van der Waals surface area (Å²) in [6, 6.07) is 5.40. The van der Waals surface area contributed by atoms with Crippen molar-refractivity contribution in [2.24, 2.45) is 0 Å². The highest BCUT2D eigenvalue weighted by molar-refractivity contribution is 5.99. The molecule has 102 valence electrons. The minimum absolute atomic E-state index is 0.156. The van der Waals surface area contributed by atoms with Crippen molar-refractivity contribution in [3.8, 4) is 0 Å². The first-order valence-electron chi connectivity index (χ1n) is 5.49. The molecule has 0 amide bonds. The zero-order valence-corrected chi connectivity index (χ0v) is 10.3. The van der Waals surface area contributed by atoms with E-state index in [4.69, 9.17) is 5.11 Å². The van der Waals surface area contributed by atoms with Crippen LogP contribution < -0.4 is 0 Å². The van der Waals surface area contributed by atoms with Crippen molar-refractivity contribution < 1.29 is 19.6 Å². The second-order valence-electron chi connectivity index (χ2n) is 3.99. The van der Waals surface area contributed by atoms with Crippen LogP contribution in [0.15, 0.2) is 30.5 Å². The van der Waals surface area contributed by atoms with E-state index in [1.807, 2.05) is 0 Å². The summed E-state index contributed by atoms with van der Waals surface area (Å²) in [6.45, 7) is 1.49. The molecule has 0 fully saturated rings. The summed E-state index contributed by atoms with van der Waals surface area (Å²) >= 11 is 0. The van der Waals surface area contributed by atoms with Gasteiger partial charge in [-0.05, 0) is 13.0 Å². The van der Waals surface area contributed by atoms with Crippen LogP contribution in [0.25, 0.3) is 0 Å². The van der Waals surface area contributed by atoms with Crippen molar-refractivity contribution in [1.29, 1.82) is 0 Å². The maximum absolute atomic E-state index is 12.2. The van der Waals surface area contributed by atoms with Gasteiger partial charge in [-0.25, -0.2) is 9.48 Å². The van der Waals surface area contributed by atoms with E-state index in [0.29, 0.717) is 5.56 Å². The molecule has 0 bridgehead atoms. The second kappa shape index (κ2) is 4.92. The first kappa shape index (κ1) is 13.4. The molecule has 8 nitrogen and oxygen atoms in total. The molecule has 0 aliphatic rings. The van der Waals surface area contributed by atoms with Gasteiger partial charge in [0.2, 0.25) is 0 Å². The second-order valence-corrected chi connectivity index (χ2v) is 3.99. The van der Waals surface area contributed by atoms with Crippen LogP contribution in [0.3, 0.4) is 0 Å². The molecular weight excluding hydrogens is 266 g/mol. The number of nitro benzene ring substituents is 1. The van der Waals surface area contributed by atoms with E-state index in [2.05, 4.69) is 5.10 Å². The van der Waals surface area contributed by atoms with E-state index in [1.54, 1.807) is 0 Å². The fraction of sp³-hybridized carbons (Fsp3) is 0.0833. The van der Waals surface area contributed by atoms with Crippen LogP contribution in [0.1, 0.15) is 26.4 Å². The van der Waals surface area contributed by atoms with Gasteiger partial charge in [-0.3, -0.25) is 14.9 Å². The van der Waals surface area contributed by atoms with Gasteiger partial charge in [0, 0.05) is 17.8 Å². The van der Waals surface area contributed by atoms with Gasteiger partial charge in [0.05, 0.1) is 4.92 Å². The molecule has 1 heterocycles. The molecule has 0 spiro atoms. The lowest BCUT2D eigenvalue weighted by Crippen LogP contribution is -2.15. The van der Waals surface area contributed by atoms with E-state index >= 15 is 0 Å². The van der Waals surface area contributed by atoms with E-state index in [9.17, 15) is 19.7 Å². The lowest BCUT2D eigenvalue weighted by molar-refractivity contribution is -0.385. The number of carboxylic acids is 1. The summed E-state index contributed by atoms with van der Waals surface area (Å²) in [5.41, 5.74) is -0.485. The summed E-state index contributed by atoms with van der Waals surface area (Å²) in [7, 11) is 0. The molecule has 2 rings (SSSR count). The Kier molecular flexibility index (Phi) is 3.30. The third-order valence-corrected chi connectivity index (χ3v) is 2.64. The van der Waals surface area contributed by atoms with Crippen LogP contribution in [0.2, 0.25) is 0 Å². The van der Waals surface area contributed by atoms with Gasteiger partial charge >= 0.3 is 5.97 Å². The number of aromatic carboxylic acids is 1. The molecule has 1 aromatic carbocycles. The molecule has 0 aliphatic heterocycles. The average molecular weight is 275 g/mol. The highest BCUT2D eigenvalue weighted by Crippen LogP contribution is 2.19. The molecule has 0 atom stereocenters. The van der Waals surface area contributed by atoms with Crippen LogP contribution in [0.4, 0.5) is 5.69 Å². The molecule has 1 N–H and O–H groups in total. The van der Waals surface area contributed by atoms with Gasteiger partial charge in [0.25, 0.3) is 11.6 Å². The van der Waals surface area contributed by atoms with Crippen molar-refractivity contribution in [3.63, 3.8) is 0 Å². The number of para-hydroxylation sites is 1. The van der Waals surface area contributed by atoms with Gasteiger partial charge in [-0.15, -0.1) is 0 Å². The van der Waals surface area contributed by atoms with Gasteiger partial charge in [0.1, 0.15) is 5.56 Å². The Morgan fingerprint density at radius 3 is 2.55 bits per heavy atom. The first-order chi connectivity index (χ1) is 9.41. The maximum atomic E-state index is 12.2. The van der Waals surface area contributed by atoms with Gasteiger partial charge in [-0.1, -0.05) is 12.1 Å². The Hall–Kier alpha value is -3.03. The third-order valence-electron chi connectivity index (χ3n) is 2.64. The smallest absolute Gasteiger partial charge is 0.356 e. The van der Waals surface area contributed by atoms with Crippen molar-refractivity contribution in [2.75, 3.05) is 0 Å². The number of nitrogens with zero attached hydrogens (tertiary/aromatic N) is 3. The molecule has 0 unspecified atom stereocenters. The maximum Gasteiger partial charge on any atom is 0.356 e. The van der Waals surface area contributed by atoms with E-state index in [0.717, 1.165) is 4.68 Å². The Labute approximate surface area is 112 Å². The summed E-state index contributed by atoms with van der Waals surface area (Å²) < 4.78 is 0.793. The highest BCUT2D eigenvalue weighted by atomic mass is 16.6. The summed E-state index contributed by atoms with van der Waals surface area (Å²) in [4.78, 5) is 33.2. The lowest BCUT2D eigenvalue weighted by atomic mass is 10.1. The van der Waals surface area contributed by atoms with Crippen molar-refractivity contribution in [2.45, 2.75) is 6.92 Å². The number of carbonyl (C=O) groups excluding carboxylic acids is 1. The minimum Gasteiger partial charge on any atom is -0.476 e. The Morgan fingerprint density at radius 1 is 1.35 bits per heavy atom. The zero-order valence-electron chi connectivity index (χ0n) is 10.3. The summed E-state index contributed by atoms with van der Waals surface area (Å²) in [5, 5.41) is 23.4. The third kappa shape index (κ3) is 2.26. The monoisotopic (exact) mass is 275 g/mol. The average Bonchev–Trinajstić information content (AvgIpc) is 2.80. The number of aromatic nitrogens is 2. The number of hydrogen-bond acceptors (Lipinski definition) is 5. The quantitative estimate of drug-likeness (QED) is 0.670. The van der Waals surface area contributed by atoms with Crippen molar-refractivity contribution >= 4 is 17.6 Å². The van der Waals surface area contributed by atoms with Crippen LogP contribution in [-0.4, -0.2) is 31.7 Å². The van der Waals surface area contributed by atoms with Crippen molar-refractivity contribution in [1.82, 2.24) is 9.78 Å². The number of benzene rings is 1. The van der Waals surface area contributed by atoms with E-state index in [-0.39, 0.29) is 16.9 Å². The Morgan fingerprint density at radius 2 is 2.00 bits per heavy atom. The van der Waals surface area contributed by atoms with Crippen molar-refractivity contribution in [3.05, 3.63) is 57.4 Å². The van der Waals surface area contributed by atoms with Crippen LogP contribution >= 0.6 is 0 Å². The molecule has 8 heteroatoms. The number of rotatable bonds is 3.